The van der Waals surface area contributed by atoms with E-state index in [1.807, 2.05) is 36.1 Å². The van der Waals surface area contributed by atoms with Crippen molar-refractivity contribution in [1.29, 1.82) is 0 Å². The van der Waals surface area contributed by atoms with Gasteiger partial charge in [-0.2, -0.15) is 0 Å². The van der Waals surface area contributed by atoms with E-state index in [1.54, 1.807) is 0 Å². The third-order valence-corrected chi connectivity index (χ3v) is 6.02. The lowest BCUT2D eigenvalue weighted by atomic mass is 9.94. The topological polar surface area (TPSA) is 49.4 Å². The number of benzene rings is 1. The van der Waals surface area contributed by atoms with E-state index in [0.29, 0.717) is 25.6 Å². The first kappa shape index (κ1) is 18.9. The van der Waals surface area contributed by atoms with E-state index < -0.39 is 0 Å². The van der Waals surface area contributed by atoms with Crippen molar-refractivity contribution in [3.8, 4) is 0 Å². The van der Waals surface area contributed by atoms with Gasteiger partial charge in [0.05, 0.1) is 6.42 Å². The minimum absolute atomic E-state index is 0.0702. The zero-order chi connectivity index (χ0) is 18.4. The van der Waals surface area contributed by atoms with Crippen LogP contribution in [0.2, 0.25) is 0 Å². The van der Waals surface area contributed by atoms with Crippen LogP contribution in [0.15, 0.2) is 24.3 Å². The number of nitrogens with zero attached hydrogens (tertiary/aromatic N) is 1. The second-order valence-corrected chi connectivity index (χ2v) is 7.96. The van der Waals surface area contributed by atoms with Crippen LogP contribution in [0.3, 0.4) is 0 Å². The van der Waals surface area contributed by atoms with Gasteiger partial charge in [-0.15, -0.1) is 0 Å². The van der Waals surface area contributed by atoms with Crippen LogP contribution in [0, 0.1) is 12.8 Å². The number of amides is 2. The lowest BCUT2D eigenvalue weighted by molar-refractivity contribution is -0.135. The molecule has 0 atom stereocenters. The average molecular weight is 357 g/mol. The number of nitrogens with one attached hydrogen (secondary N) is 1. The third kappa shape index (κ3) is 5.09. The van der Waals surface area contributed by atoms with Crippen molar-refractivity contribution in [3.63, 3.8) is 0 Å². The van der Waals surface area contributed by atoms with Gasteiger partial charge < -0.3 is 10.2 Å². The summed E-state index contributed by atoms with van der Waals surface area (Å²) in [4.78, 5) is 27.1. The number of hydrogen-bond acceptors (Lipinski definition) is 2. The molecule has 1 N–H and O–H groups in total. The molecule has 2 amide bonds. The molecule has 1 saturated heterocycles. The maximum Gasteiger partial charge on any atom is 0.226 e. The largest absolute Gasteiger partial charge is 0.353 e. The van der Waals surface area contributed by atoms with Crippen molar-refractivity contribution in [2.45, 2.75) is 70.8 Å². The van der Waals surface area contributed by atoms with Gasteiger partial charge in [0.2, 0.25) is 11.8 Å². The summed E-state index contributed by atoms with van der Waals surface area (Å²) in [5, 5.41) is 3.28. The smallest absolute Gasteiger partial charge is 0.226 e. The van der Waals surface area contributed by atoms with Crippen LogP contribution in [-0.4, -0.2) is 35.8 Å². The molecule has 2 fully saturated rings. The Morgan fingerprint density at radius 1 is 1.00 bits per heavy atom. The molecule has 0 unspecified atom stereocenters. The van der Waals surface area contributed by atoms with E-state index >= 15 is 0 Å². The molecule has 142 valence electrons. The van der Waals surface area contributed by atoms with Gasteiger partial charge in [0.25, 0.3) is 0 Å². The van der Waals surface area contributed by atoms with Crippen molar-refractivity contribution in [3.05, 3.63) is 35.4 Å². The fourth-order valence-electron chi connectivity index (χ4n) is 4.22. The van der Waals surface area contributed by atoms with Gasteiger partial charge in [0.1, 0.15) is 0 Å². The minimum Gasteiger partial charge on any atom is -0.353 e. The number of carbonyl (C=O) groups excluding carboxylic acids is 2. The molecule has 1 aromatic carbocycles. The zero-order valence-electron chi connectivity index (χ0n) is 16.0. The van der Waals surface area contributed by atoms with Crippen molar-refractivity contribution in [2.75, 3.05) is 13.1 Å². The normalized spacial score (nSPS) is 19.8. The predicted molar refractivity (Wildman–Crippen MR) is 104 cm³/mol. The summed E-state index contributed by atoms with van der Waals surface area (Å²) in [6.45, 7) is 3.45. The van der Waals surface area contributed by atoms with Crippen LogP contribution in [0.1, 0.15) is 62.5 Å². The number of aryl methyl sites for hydroxylation is 1. The van der Waals surface area contributed by atoms with E-state index in [2.05, 4.69) is 5.32 Å². The zero-order valence-corrected chi connectivity index (χ0v) is 16.0. The Hall–Kier alpha value is -1.84. The summed E-state index contributed by atoms with van der Waals surface area (Å²) < 4.78 is 0. The van der Waals surface area contributed by atoms with Crippen molar-refractivity contribution in [1.82, 2.24) is 10.2 Å². The molecule has 1 aromatic rings. The van der Waals surface area contributed by atoms with Crippen LogP contribution in [0.25, 0.3) is 0 Å². The first-order valence-electron chi connectivity index (χ1n) is 10.3. The van der Waals surface area contributed by atoms with Gasteiger partial charge in [-0.25, -0.2) is 0 Å². The van der Waals surface area contributed by atoms with E-state index in [-0.39, 0.29) is 17.7 Å². The highest BCUT2D eigenvalue weighted by molar-refractivity contribution is 5.81. The van der Waals surface area contributed by atoms with Gasteiger partial charge >= 0.3 is 0 Å². The van der Waals surface area contributed by atoms with E-state index in [0.717, 1.165) is 31.2 Å². The van der Waals surface area contributed by atoms with Crippen molar-refractivity contribution >= 4 is 11.8 Å². The maximum atomic E-state index is 12.6. The summed E-state index contributed by atoms with van der Waals surface area (Å²) in [5.74, 6) is 0.464. The number of rotatable bonds is 4. The maximum absolute atomic E-state index is 12.6. The molecular formula is C22H32N2O2. The summed E-state index contributed by atoms with van der Waals surface area (Å²) >= 11 is 0. The first-order chi connectivity index (χ1) is 12.6. The molecule has 26 heavy (non-hydrogen) atoms. The quantitative estimate of drug-likeness (QED) is 0.838. The molecule has 0 spiro atoms. The third-order valence-electron chi connectivity index (χ3n) is 6.02. The second-order valence-electron chi connectivity index (χ2n) is 7.96. The molecule has 2 aliphatic rings. The lowest BCUT2D eigenvalue weighted by Crippen LogP contribution is -2.45. The highest BCUT2D eigenvalue weighted by Gasteiger charge is 2.28. The molecule has 0 aromatic heterocycles. The molecule has 4 heteroatoms. The standard InChI is InChI=1S/C22H32N2O2/c1-17-8-6-7-9-19(17)16-21(25)24-14-12-18(13-15-24)22(26)23-20-10-4-2-3-5-11-20/h6-9,18,20H,2-5,10-16H2,1H3,(H,23,26). The lowest BCUT2D eigenvalue weighted by Gasteiger charge is -2.32. The summed E-state index contributed by atoms with van der Waals surface area (Å²) in [7, 11) is 0. The fraction of sp³-hybridized carbons (Fsp3) is 0.636. The molecule has 1 saturated carbocycles. The SMILES string of the molecule is Cc1ccccc1CC(=O)N1CCC(C(=O)NC2CCCCCC2)CC1. The van der Waals surface area contributed by atoms with E-state index in [1.165, 1.54) is 31.2 Å². The Morgan fingerprint density at radius 3 is 2.31 bits per heavy atom. The highest BCUT2D eigenvalue weighted by atomic mass is 16.2. The van der Waals surface area contributed by atoms with Crippen molar-refractivity contribution in [2.24, 2.45) is 5.92 Å². The molecule has 1 aliphatic carbocycles. The van der Waals surface area contributed by atoms with Crippen LogP contribution in [0.4, 0.5) is 0 Å². The van der Waals surface area contributed by atoms with Crippen LogP contribution >= 0.6 is 0 Å². The molecule has 0 bridgehead atoms. The number of likely N-dealkylation sites (tertiary alicyclic amines) is 1. The first-order valence-corrected chi connectivity index (χ1v) is 10.3. The average Bonchev–Trinajstić information content (AvgIpc) is 2.92. The Morgan fingerprint density at radius 2 is 1.65 bits per heavy atom. The van der Waals surface area contributed by atoms with Crippen molar-refractivity contribution < 1.29 is 9.59 Å². The van der Waals surface area contributed by atoms with Gasteiger partial charge in [-0.1, -0.05) is 49.9 Å². The molecule has 4 nitrogen and oxygen atoms in total. The monoisotopic (exact) mass is 356 g/mol. The fourth-order valence-corrected chi connectivity index (χ4v) is 4.22. The molecule has 0 radical (unpaired) electrons. The summed E-state index contributed by atoms with van der Waals surface area (Å²) in [6, 6.07) is 8.43. The summed E-state index contributed by atoms with van der Waals surface area (Å²) in [6.07, 6.45) is 9.36. The molecule has 3 rings (SSSR count). The molecule has 1 aliphatic heterocycles. The van der Waals surface area contributed by atoms with E-state index in [9.17, 15) is 9.59 Å². The Labute approximate surface area is 157 Å². The Kier molecular flexibility index (Phi) is 6.70. The van der Waals surface area contributed by atoms with Crippen LogP contribution in [-0.2, 0) is 16.0 Å². The Balaban J connectivity index is 1.45. The van der Waals surface area contributed by atoms with Crippen LogP contribution in [0.5, 0.6) is 0 Å². The molecule has 1 heterocycles. The second kappa shape index (κ2) is 9.20. The number of piperidine rings is 1. The molecular weight excluding hydrogens is 324 g/mol. The van der Waals surface area contributed by atoms with Gasteiger partial charge in [-0.3, -0.25) is 9.59 Å². The highest BCUT2D eigenvalue weighted by Crippen LogP contribution is 2.21. The Bertz CT molecular complexity index is 612. The minimum atomic E-state index is 0.0702. The number of carbonyl (C=O) groups is 2. The van der Waals surface area contributed by atoms with Gasteiger partial charge in [-0.05, 0) is 43.7 Å². The number of hydrogen-bond donors (Lipinski definition) is 1. The van der Waals surface area contributed by atoms with Gasteiger partial charge in [0.15, 0.2) is 0 Å². The summed E-state index contributed by atoms with van der Waals surface area (Å²) in [5.41, 5.74) is 2.27. The predicted octanol–water partition coefficient (Wildman–Crippen LogP) is 3.62. The van der Waals surface area contributed by atoms with Gasteiger partial charge in [0, 0.05) is 25.0 Å². The van der Waals surface area contributed by atoms with E-state index in [4.69, 9.17) is 0 Å². The van der Waals surface area contributed by atoms with Crippen LogP contribution < -0.4 is 5.32 Å².